The lowest BCUT2D eigenvalue weighted by Crippen LogP contribution is -2.37. The van der Waals surface area contributed by atoms with Gasteiger partial charge in [-0.1, -0.05) is 0 Å². The van der Waals surface area contributed by atoms with E-state index in [1.165, 1.54) is 20.3 Å². The molecule has 0 aromatic heterocycles. The lowest BCUT2D eigenvalue weighted by Gasteiger charge is -2.15. The first kappa shape index (κ1) is 20.5. The van der Waals surface area contributed by atoms with Gasteiger partial charge in [-0.2, -0.15) is 0 Å². The number of sulfonamides is 1. The van der Waals surface area contributed by atoms with E-state index in [0.717, 1.165) is 0 Å². The molecule has 0 saturated heterocycles. The van der Waals surface area contributed by atoms with E-state index < -0.39 is 10.0 Å². The van der Waals surface area contributed by atoms with E-state index in [-0.39, 0.29) is 35.6 Å². The predicted octanol–water partition coefficient (Wildman–Crippen LogP) is 1.77. The van der Waals surface area contributed by atoms with E-state index in [0.29, 0.717) is 10.2 Å². The van der Waals surface area contributed by atoms with Crippen molar-refractivity contribution in [2.75, 3.05) is 27.8 Å². The Morgan fingerprint density at radius 3 is 2.29 bits per heavy atom. The monoisotopic (exact) mass is 402 g/mol. The summed E-state index contributed by atoms with van der Waals surface area (Å²) >= 11 is 3.29. The molecule has 0 amide bonds. The first-order valence-electron chi connectivity index (χ1n) is 5.94. The Morgan fingerprint density at radius 2 is 1.81 bits per heavy atom. The van der Waals surface area contributed by atoms with E-state index in [1.54, 1.807) is 13.1 Å². The summed E-state index contributed by atoms with van der Waals surface area (Å²) in [5, 5.41) is 2.96. The molecule has 1 atom stereocenters. The van der Waals surface area contributed by atoms with E-state index in [4.69, 9.17) is 9.47 Å². The number of benzene rings is 1. The number of nitrogens with one attached hydrogen (secondary N) is 2. The van der Waals surface area contributed by atoms with Gasteiger partial charge in [0.15, 0.2) is 0 Å². The maximum absolute atomic E-state index is 12.3. The van der Waals surface area contributed by atoms with Crippen LogP contribution in [0.2, 0.25) is 0 Å². The fraction of sp³-hybridized carbons (Fsp3) is 0.500. The molecule has 1 aromatic carbocycles. The minimum atomic E-state index is -3.67. The van der Waals surface area contributed by atoms with Crippen LogP contribution in [-0.2, 0) is 10.0 Å². The van der Waals surface area contributed by atoms with Gasteiger partial charge < -0.3 is 14.8 Å². The van der Waals surface area contributed by atoms with Crippen molar-refractivity contribution in [3.8, 4) is 11.5 Å². The molecule has 21 heavy (non-hydrogen) atoms. The van der Waals surface area contributed by atoms with Gasteiger partial charge in [-0.25, -0.2) is 13.1 Å². The van der Waals surface area contributed by atoms with Gasteiger partial charge in [0.1, 0.15) is 16.4 Å². The number of halogens is 2. The van der Waals surface area contributed by atoms with Gasteiger partial charge in [-0.05, 0) is 36.0 Å². The van der Waals surface area contributed by atoms with Crippen LogP contribution in [0.15, 0.2) is 21.5 Å². The summed E-state index contributed by atoms with van der Waals surface area (Å²) in [5.74, 6) is 0.676. The molecule has 1 rings (SSSR count). The Balaban J connectivity index is 0.00000400. The average Bonchev–Trinajstić information content (AvgIpc) is 2.44. The van der Waals surface area contributed by atoms with Gasteiger partial charge in [0.2, 0.25) is 10.0 Å². The molecule has 0 bridgehead atoms. The molecule has 1 aromatic rings. The molecule has 0 radical (unpaired) electrons. The van der Waals surface area contributed by atoms with Crippen LogP contribution in [-0.4, -0.2) is 42.3 Å². The zero-order valence-electron chi connectivity index (χ0n) is 12.3. The van der Waals surface area contributed by atoms with Gasteiger partial charge >= 0.3 is 0 Å². The van der Waals surface area contributed by atoms with Crippen LogP contribution >= 0.6 is 28.3 Å². The topological polar surface area (TPSA) is 76.7 Å². The molecule has 0 aliphatic carbocycles. The summed E-state index contributed by atoms with van der Waals surface area (Å²) < 4.78 is 38.0. The molecule has 0 heterocycles. The van der Waals surface area contributed by atoms with Crippen molar-refractivity contribution in [3.05, 3.63) is 16.6 Å². The van der Waals surface area contributed by atoms with E-state index >= 15 is 0 Å². The summed E-state index contributed by atoms with van der Waals surface area (Å²) in [7, 11) is 0.985. The number of methoxy groups -OCH3 is 2. The minimum Gasteiger partial charge on any atom is -0.496 e. The smallest absolute Gasteiger partial charge is 0.244 e. The van der Waals surface area contributed by atoms with Crippen LogP contribution in [0.4, 0.5) is 0 Å². The third kappa shape index (κ3) is 5.30. The van der Waals surface area contributed by atoms with Crippen molar-refractivity contribution in [1.82, 2.24) is 10.0 Å². The van der Waals surface area contributed by atoms with Crippen LogP contribution in [0, 0.1) is 0 Å². The number of likely N-dealkylation sites (N-methyl/N-ethyl adjacent to an activating group) is 1. The molecule has 0 saturated carbocycles. The number of hydrogen-bond donors (Lipinski definition) is 2. The first-order valence-corrected chi connectivity index (χ1v) is 8.21. The number of ether oxygens (including phenoxy) is 2. The highest BCUT2D eigenvalue weighted by Crippen LogP contribution is 2.35. The second-order valence-corrected chi connectivity index (χ2v) is 6.77. The summed E-state index contributed by atoms with van der Waals surface area (Å²) in [6.07, 6.45) is 0. The van der Waals surface area contributed by atoms with E-state index in [2.05, 4.69) is 26.0 Å². The largest absolute Gasteiger partial charge is 0.496 e. The summed E-state index contributed by atoms with van der Waals surface area (Å²) in [5.41, 5.74) is 0. The molecular formula is C12H20BrClN2O4S. The lowest BCUT2D eigenvalue weighted by molar-refractivity contribution is 0.390. The fourth-order valence-corrected chi connectivity index (χ4v) is 3.24. The van der Waals surface area contributed by atoms with Gasteiger partial charge in [-0.3, -0.25) is 0 Å². The van der Waals surface area contributed by atoms with Gasteiger partial charge in [0, 0.05) is 18.7 Å². The Labute approximate surface area is 140 Å². The Kier molecular flexibility index (Phi) is 8.57. The maximum atomic E-state index is 12.3. The SMILES string of the molecule is CNC(C)CNS(=O)(=O)c1cc(OC)c(Br)cc1OC.Cl. The summed E-state index contributed by atoms with van der Waals surface area (Å²) in [4.78, 5) is 0.0448. The van der Waals surface area contributed by atoms with Crippen LogP contribution < -0.4 is 19.5 Å². The van der Waals surface area contributed by atoms with Gasteiger partial charge in [-0.15, -0.1) is 12.4 Å². The Bertz CT molecular complexity index is 569. The summed E-state index contributed by atoms with van der Waals surface area (Å²) in [6.45, 7) is 2.16. The van der Waals surface area contributed by atoms with Crippen LogP contribution in [0.3, 0.4) is 0 Å². The molecular weight excluding hydrogens is 384 g/mol. The van der Waals surface area contributed by atoms with Crippen molar-refractivity contribution in [1.29, 1.82) is 0 Å². The highest BCUT2D eigenvalue weighted by Gasteiger charge is 2.22. The fourth-order valence-electron chi connectivity index (χ4n) is 1.46. The van der Waals surface area contributed by atoms with Crippen molar-refractivity contribution >= 4 is 38.4 Å². The quantitative estimate of drug-likeness (QED) is 0.726. The molecule has 0 fully saturated rings. The third-order valence-corrected chi connectivity index (χ3v) is 4.86. The molecule has 122 valence electrons. The maximum Gasteiger partial charge on any atom is 0.244 e. The highest BCUT2D eigenvalue weighted by atomic mass is 79.9. The zero-order valence-corrected chi connectivity index (χ0v) is 15.5. The third-order valence-electron chi connectivity index (χ3n) is 2.80. The molecule has 9 heteroatoms. The molecule has 2 N–H and O–H groups in total. The second kappa shape index (κ2) is 8.79. The molecule has 6 nitrogen and oxygen atoms in total. The standard InChI is InChI=1S/C12H19BrN2O4S.ClH/c1-8(14-2)7-15-20(16,17)12-6-10(18-3)9(13)5-11(12)19-4;/h5-6,8,14-15H,7H2,1-4H3;1H. The van der Waals surface area contributed by atoms with Gasteiger partial charge in [0.25, 0.3) is 0 Å². The number of hydrogen-bond acceptors (Lipinski definition) is 5. The van der Waals surface area contributed by atoms with Crippen LogP contribution in [0.5, 0.6) is 11.5 Å². The van der Waals surface area contributed by atoms with E-state index in [1.807, 2.05) is 6.92 Å². The van der Waals surface area contributed by atoms with Crippen LogP contribution in [0.25, 0.3) is 0 Å². The van der Waals surface area contributed by atoms with Gasteiger partial charge in [0.05, 0.1) is 18.7 Å². The normalized spacial score (nSPS) is 12.4. The Morgan fingerprint density at radius 1 is 1.24 bits per heavy atom. The minimum absolute atomic E-state index is 0. The van der Waals surface area contributed by atoms with E-state index in [9.17, 15) is 8.42 Å². The molecule has 0 spiro atoms. The van der Waals surface area contributed by atoms with Crippen molar-refractivity contribution in [2.24, 2.45) is 0 Å². The molecule has 1 unspecified atom stereocenters. The molecule has 0 aliphatic heterocycles. The average molecular weight is 404 g/mol. The van der Waals surface area contributed by atoms with Crippen molar-refractivity contribution < 1.29 is 17.9 Å². The van der Waals surface area contributed by atoms with Crippen LogP contribution in [0.1, 0.15) is 6.92 Å². The number of rotatable bonds is 7. The second-order valence-electron chi connectivity index (χ2n) is 4.18. The predicted molar refractivity (Wildman–Crippen MR) is 88.2 cm³/mol. The first-order chi connectivity index (χ1) is 9.35. The lowest BCUT2D eigenvalue weighted by atomic mass is 10.3. The van der Waals surface area contributed by atoms with Crippen molar-refractivity contribution in [2.45, 2.75) is 17.9 Å². The zero-order chi connectivity index (χ0) is 15.3. The highest BCUT2D eigenvalue weighted by molar-refractivity contribution is 9.10. The molecule has 0 aliphatic rings. The van der Waals surface area contributed by atoms with Crippen molar-refractivity contribution in [3.63, 3.8) is 0 Å². The summed E-state index contributed by atoms with van der Waals surface area (Å²) in [6, 6.07) is 3.01. The Hall–Kier alpha value is -0.540.